The molecule has 3 atom stereocenters. The summed E-state index contributed by atoms with van der Waals surface area (Å²) in [5.41, 5.74) is 6.53. The lowest BCUT2D eigenvalue weighted by atomic mass is 10.1. The van der Waals surface area contributed by atoms with Crippen LogP contribution in [0.25, 0.3) is 0 Å². The topological polar surface area (TPSA) is 69.4 Å². The van der Waals surface area contributed by atoms with Crippen LogP contribution in [0.5, 0.6) is 0 Å². The van der Waals surface area contributed by atoms with Crippen molar-refractivity contribution in [1.29, 1.82) is 0 Å². The van der Waals surface area contributed by atoms with Crippen LogP contribution in [-0.4, -0.2) is 32.4 Å². The van der Waals surface area contributed by atoms with Gasteiger partial charge in [-0.2, -0.15) is 0 Å². The molecule has 2 aromatic carbocycles. The second kappa shape index (κ2) is 6.07. The van der Waals surface area contributed by atoms with E-state index in [9.17, 15) is 8.42 Å². The number of hydrogen-bond donors (Lipinski definition) is 1. The molecule has 0 saturated heterocycles. The van der Waals surface area contributed by atoms with Gasteiger partial charge in [0.2, 0.25) is 0 Å². The van der Waals surface area contributed by atoms with Crippen LogP contribution in [0.2, 0.25) is 0 Å². The van der Waals surface area contributed by atoms with Crippen molar-refractivity contribution in [1.82, 2.24) is 0 Å². The molecule has 0 heterocycles. The molecular weight excluding hydrogens is 310 g/mol. The maximum absolute atomic E-state index is 13.0. The summed E-state index contributed by atoms with van der Waals surface area (Å²) in [6.45, 7) is 2.63. The molecule has 0 unspecified atom stereocenters. The molecule has 1 aliphatic carbocycles. The molecule has 1 fully saturated rings. The largest absolute Gasteiger partial charge is 0.380 e. The predicted molar refractivity (Wildman–Crippen MR) is 90.0 cm³/mol. The Morgan fingerprint density at radius 3 is 2.17 bits per heavy atom. The Kier molecular flexibility index (Phi) is 4.27. The third-order valence-corrected chi connectivity index (χ3v) is 6.73. The van der Waals surface area contributed by atoms with Gasteiger partial charge in [0.25, 0.3) is 0 Å². The van der Waals surface area contributed by atoms with Gasteiger partial charge in [0.05, 0.1) is 22.3 Å². The number of sulfone groups is 1. The van der Waals surface area contributed by atoms with Crippen molar-refractivity contribution in [2.45, 2.75) is 28.5 Å². The number of benzene rings is 2. The van der Waals surface area contributed by atoms with Crippen molar-refractivity contribution in [3.8, 4) is 0 Å². The summed E-state index contributed by atoms with van der Waals surface area (Å²) in [5, 5.41) is -0.661. The van der Waals surface area contributed by atoms with Crippen LogP contribution < -0.4 is 5.73 Å². The van der Waals surface area contributed by atoms with Crippen molar-refractivity contribution in [3.05, 3.63) is 66.2 Å². The standard InChI is InChI=1S/C18H21NO3S/c1-2-22-13-18(19)16(14-9-5-3-6-10-14)17(18)23(20,21)15-11-7-4-8-12-15/h3-12,16-17H,2,13,19H2,1H3/t16-,17-,18-/m0/s1. The molecule has 2 aromatic rings. The molecule has 2 N–H and O–H groups in total. The Morgan fingerprint density at radius 1 is 1.04 bits per heavy atom. The summed E-state index contributed by atoms with van der Waals surface area (Å²) in [4.78, 5) is 0.315. The molecule has 1 saturated carbocycles. The molecule has 23 heavy (non-hydrogen) atoms. The van der Waals surface area contributed by atoms with Crippen LogP contribution in [0, 0.1) is 0 Å². The van der Waals surface area contributed by atoms with Crippen LogP contribution in [-0.2, 0) is 14.6 Å². The molecule has 0 spiro atoms. The van der Waals surface area contributed by atoms with Gasteiger partial charge in [0.15, 0.2) is 9.84 Å². The second-order valence-corrected chi connectivity index (χ2v) is 7.99. The lowest BCUT2D eigenvalue weighted by Crippen LogP contribution is -2.36. The zero-order chi connectivity index (χ0) is 16.5. The quantitative estimate of drug-likeness (QED) is 0.882. The van der Waals surface area contributed by atoms with Crippen LogP contribution in [0.1, 0.15) is 18.4 Å². The Hall–Kier alpha value is -1.69. The summed E-state index contributed by atoms with van der Waals surface area (Å²) in [6, 6.07) is 18.1. The minimum Gasteiger partial charge on any atom is -0.380 e. The first-order chi connectivity index (χ1) is 11.0. The highest BCUT2D eigenvalue weighted by Crippen LogP contribution is 2.55. The van der Waals surface area contributed by atoms with E-state index < -0.39 is 20.6 Å². The van der Waals surface area contributed by atoms with Crippen molar-refractivity contribution < 1.29 is 13.2 Å². The molecule has 0 aliphatic heterocycles. The Morgan fingerprint density at radius 2 is 1.61 bits per heavy atom. The Balaban J connectivity index is 1.99. The van der Waals surface area contributed by atoms with E-state index in [1.807, 2.05) is 37.3 Å². The molecule has 0 aromatic heterocycles. The highest BCUT2D eigenvalue weighted by molar-refractivity contribution is 7.92. The summed E-state index contributed by atoms with van der Waals surface area (Å²) < 4.78 is 31.5. The van der Waals surface area contributed by atoms with E-state index in [1.54, 1.807) is 30.3 Å². The average Bonchev–Trinajstić information content (AvgIpc) is 3.22. The SMILES string of the molecule is CCOC[C@]1(N)[C@@H](c2ccccc2)[C@@H]1S(=O)(=O)c1ccccc1. The number of rotatable bonds is 6. The molecule has 5 heteroatoms. The highest BCUT2D eigenvalue weighted by Gasteiger charge is 2.69. The van der Waals surface area contributed by atoms with Gasteiger partial charge in [-0.3, -0.25) is 0 Å². The summed E-state index contributed by atoms with van der Waals surface area (Å²) in [7, 11) is -3.51. The van der Waals surface area contributed by atoms with E-state index in [1.165, 1.54) is 0 Å². The van der Waals surface area contributed by atoms with Gasteiger partial charge in [-0.05, 0) is 24.6 Å². The van der Waals surface area contributed by atoms with E-state index in [-0.39, 0.29) is 12.5 Å². The molecule has 0 bridgehead atoms. The maximum Gasteiger partial charge on any atom is 0.183 e. The van der Waals surface area contributed by atoms with Gasteiger partial charge < -0.3 is 10.5 Å². The van der Waals surface area contributed by atoms with Crippen molar-refractivity contribution in [3.63, 3.8) is 0 Å². The normalized spacial score (nSPS) is 26.9. The molecule has 1 aliphatic rings. The van der Waals surface area contributed by atoms with Gasteiger partial charge in [0, 0.05) is 12.5 Å². The molecule has 3 rings (SSSR count). The van der Waals surface area contributed by atoms with Crippen LogP contribution in [0.3, 0.4) is 0 Å². The van der Waals surface area contributed by atoms with Crippen molar-refractivity contribution in [2.75, 3.05) is 13.2 Å². The fraction of sp³-hybridized carbons (Fsp3) is 0.333. The maximum atomic E-state index is 13.0. The van der Waals surface area contributed by atoms with Crippen molar-refractivity contribution in [2.24, 2.45) is 5.73 Å². The molecular formula is C18H21NO3S. The van der Waals surface area contributed by atoms with Gasteiger partial charge in [0.1, 0.15) is 0 Å². The third-order valence-electron chi connectivity index (χ3n) is 4.42. The monoisotopic (exact) mass is 331 g/mol. The summed E-state index contributed by atoms with van der Waals surface area (Å²) in [5.74, 6) is -0.250. The Labute approximate surface area is 137 Å². The van der Waals surface area contributed by atoms with Gasteiger partial charge in [-0.25, -0.2) is 8.42 Å². The zero-order valence-electron chi connectivity index (χ0n) is 13.1. The fourth-order valence-electron chi connectivity index (χ4n) is 3.24. The van der Waals surface area contributed by atoms with Gasteiger partial charge >= 0.3 is 0 Å². The lowest BCUT2D eigenvalue weighted by Gasteiger charge is -2.12. The van der Waals surface area contributed by atoms with Gasteiger partial charge in [-0.15, -0.1) is 0 Å². The van der Waals surface area contributed by atoms with E-state index >= 15 is 0 Å². The van der Waals surface area contributed by atoms with E-state index in [0.29, 0.717) is 11.5 Å². The smallest absolute Gasteiger partial charge is 0.183 e. The molecule has 0 amide bonds. The average molecular weight is 331 g/mol. The molecule has 4 nitrogen and oxygen atoms in total. The first-order valence-electron chi connectivity index (χ1n) is 7.72. The van der Waals surface area contributed by atoms with Crippen LogP contribution >= 0.6 is 0 Å². The molecule has 122 valence electrons. The third kappa shape index (κ3) is 2.80. The summed E-state index contributed by atoms with van der Waals surface area (Å²) in [6.07, 6.45) is 0. The predicted octanol–water partition coefficient (Wildman–Crippen LogP) is 2.36. The van der Waals surface area contributed by atoms with E-state index in [4.69, 9.17) is 10.5 Å². The number of ether oxygens (including phenoxy) is 1. The van der Waals surface area contributed by atoms with Crippen LogP contribution in [0.4, 0.5) is 0 Å². The Bertz CT molecular complexity index is 761. The fourth-order valence-corrected chi connectivity index (χ4v) is 5.56. The van der Waals surface area contributed by atoms with Crippen LogP contribution in [0.15, 0.2) is 65.6 Å². The number of hydrogen-bond acceptors (Lipinski definition) is 4. The van der Waals surface area contributed by atoms with Crippen molar-refractivity contribution >= 4 is 9.84 Å². The first kappa shape index (κ1) is 16.2. The number of nitrogens with two attached hydrogens (primary N) is 1. The minimum atomic E-state index is -3.51. The zero-order valence-corrected chi connectivity index (χ0v) is 13.9. The van der Waals surface area contributed by atoms with Gasteiger partial charge in [-0.1, -0.05) is 48.5 Å². The lowest BCUT2D eigenvalue weighted by molar-refractivity contribution is 0.125. The first-order valence-corrected chi connectivity index (χ1v) is 9.27. The molecule has 0 radical (unpaired) electrons. The highest BCUT2D eigenvalue weighted by atomic mass is 32.2. The summed E-state index contributed by atoms with van der Waals surface area (Å²) >= 11 is 0. The minimum absolute atomic E-state index is 0.236. The van der Waals surface area contributed by atoms with E-state index in [0.717, 1.165) is 5.56 Å². The second-order valence-electron chi connectivity index (χ2n) is 5.92. The van der Waals surface area contributed by atoms with E-state index in [2.05, 4.69) is 0 Å².